The molecular formula is C13H14BrN3O. The third-order valence-electron chi connectivity index (χ3n) is 2.69. The minimum absolute atomic E-state index is 0.437. The molecule has 1 amide bonds. The molecule has 0 aliphatic carbocycles. The van der Waals surface area contributed by atoms with Crippen molar-refractivity contribution in [1.82, 2.24) is 9.55 Å². The SMILES string of the molecule is CCCc1nccn1-c1ccc(C(N)=O)c(Br)c1. The number of imidazole rings is 1. The summed E-state index contributed by atoms with van der Waals surface area (Å²) in [4.78, 5) is 15.5. The molecule has 1 aromatic carbocycles. The van der Waals surface area contributed by atoms with Gasteiger partial charge in [-0.25, -0.2) is 4.98 Å². The topological polar surface area (TPSA) is 60.9 Å². The largest absolute Gasteiger partial charge is 0.366 e. The van der Waals surface area contributed by atoms with E-state index in [0.717, 1.165) is 24.4 Å². The van der Waals surface area contributed by atoms with Gasteiger partial charge >= 0.3 is 0 Å². The molecule has 18 heavy (non-hydrogen) atoms. The quantitative estimate of drug-likeness (QED) is 0.944. The van der Waals surface area contributed by atoms with E-state index in [0.29, 0.717) is 10.0 Å². The van der Waals surface area contributed by atoms with E-state index in [-0.39, 0.29) is 0 Å². The van der Waals surface area contributed by atoms with Gasteiger partial charge in [0.1, 0.15) is 5.82 Å². The molecule has 2 rings (SSSR count). The summed E-state index contributed by atoms with van der Waals surface area (Å²) < 4.78 is 2.71. The summed E-state index contributed by atoms with van der Waals surface area (Å²) in [7, 11) is 0. The predicted octanol–water partition coefficient (Wildman–Crippen LogP) is 2.69. The molecule has 0 aliphatic rings. The smallest absolute Gasteiger partial charge is 0.249 e. The minimum Gasteiger partial charge on any atom is -0.366 e. The van der Waals surface area contributed by atoms with E-state index in [4.69, 9.17) is 5.73 Å². The summed E-state index contributed by atoms with van der Waals surface area (Å²) in [5.41, 5.74) is 6.72. The van der Waals surface area contributed by atoms with Crippen molar-refractivity contribution in [2.45, 2.75) is 19.8 Å². The van der Waals surface area contributed by atoms with E-state index in [2.05, 4.69) is 27.8 Å². The van der Waals surface area contributed by atoms with Crippen LogP contribution in [0.25, 0.3) is 5.69 Å². The number of aryl methyl sites for hydroxylation is 1. The molecular weight excluding hydrogens is 294 g/mol. The molecule has 4 nitrogen and oxygen atoms in total. The molecule has 0 atom stereocenters. The molecule has 2 N–H and O–H groups in total. The number of benzene rings is 1. The third kappa shape index (κ3) is 2.46. The Kier molecular flexibility index (Phi) is 3.81. The average Bonchev–Trinajstić information content (AvgIpc) is 2.77. The van der Waals surface area contributed by atoms with Gasteiger partial charge in [-0.05, 0) is 40.5 Å². The number of carbonyl (C=O) groups is 1. The fourth-order valence-electron chi connectivity index (χ4n) is 1.83. The first-order valence-electron chi connectivity index (χ1n) is 5.75. The summed E-state index contributed by atoms with van der Waals surface area (Å²) in [5, 5.41) is 0. The first-order chi connectivity index (χ1) is 8.63. The zero-order chi connectivity index (χ0) is 13.1. The number of aromatic nitrogens is 2. The van der Waals surface area contributed by atoms with Crippen molar-refractivity contribution < 1.29 is 4.79 Å². The molecule has 0 spiro atoms. The van der Waals surface area contributed by atoms with Crippen LogP contribution in [-0.2, 0) is 6.42 Å². The molecule has 0 saturated heterocycles. The van der Waals surface area contributed by atoms with Gasteiger partial charge < -0.3 is 10.3 Å². The molecule has 0 aliphatic heterocycles. The van der Waals surface area contributed by atoms with Gasteiger partial charge in [-0.3, -0.25) is 4.79 Å². The third-order valence-corrected chi connectivity index (χ3v) is 3.34. The Morgan fingerprint density at radius 2 is 2.28 bits per heavy atom. The lowest BCUT2D eigenvalue weighted by molar-refractivity contribution is 0.0999. The van der Waals surface area contributed by atoms with E-state index in [1.54, 1.807) is 12.3 Å². The van der Waals surface area contributed by atoms with Gasteiger partial charge in [-0.15, -0.1) is 0 Å². The standard InChI is InChI=1S/C13H14BrN3O/c1-2-3-12-16-6-7-17(12)9-4-5-10(13(15)18)11(14)8-9/h4-8H,2-3H2,1H3,(H2,15,18). The maximum Gasteiger partial charge on any atom is 0.249 e. The molecule has 0 bridgehead atoms. The van der Waals surface area contributed by atoms with E-state index in [1.165, 1.54) is 0 Å². The van der Waals surface area contributed by atoms with Crippen LogP contribution in [0.2, 0.25) is 0 Å². The Bertz CT molecular complexity index is 577. The monoisotopic (exact) mass is 307 g/mol. The zero-order valence-corrected chi connectivity index (χ0v) is 11.6. The summed E-state index contributed by atoms with van der Waals surface area (Å²) >= 11 is 3.36. The van der Waals surface area contributed by atoms with Crippen LogP contribution >= 0.6 is 15.9 Å². The van der Waals surface area contributed by atoms with Crippen molar-refractivity contribution in [1.29, 1.82) is 0 Å². The van der Waals surface area contributed by atoms with Gasteiger partial charge in [0.25, 0.3) is 0 Å². The molecule has 1 aromatic heterocycles. The van der Waals surface area contributed by atoms with Crippen molar-refractivity contribution in [2.75, 3.05) is 0 Å². The summed E-state index contributed by atoms with van der Waals surface area (Å²) in [6.07, 6.45) is 5.65. The fraction of sp³-hybridized carbons (Fsp3) is 0.231. The lowest BCUT2D eigenvalue weighted by atomic mass is 10.2. The molecule has 0 saturated carbocycles. The van der Waals surface area contributed by atoms with Crippen LogP contribution in [0.1, 0.15) is 29.5 Å². The van der Waals surface area contributed by atoms with Crippen LogP contribution in [0.3, 0.4) is 0 Å². The lowest BCUT2D eigenvalue weighted by Crippen LogP contribution is -2.12. The maximum atomic E-state index is 11.2. The van der Waals surface area contributed by atoms with Crippen molar-refractivity contribution in [3.8, 4) is 5.69 Å². The van der Waals surface area contributed by atoms with E-state index in [9.17, 15) is 4.79 Å². The normalized spacial score (nSPS) is 10.6. The van der Waals surface area contributed by atoms with Crippen molar-refractivity contribution >= 4 is 21.8 Å². The Hall–Kier alpha value is -1.62. The number of primary amides is 1. The second kappa shape index (κ2) is 5.35. The molecule has 0 radical (unpaired) electrons. The number of amides is 1. The number of halogens is 1. The molecule has 0 fully saturated rings. The van der Waals surface area contributed by atoms with Crippen LogP contribution in [0, 0.1) is 0 Å². The first kappa shape index (κ1) is 12.8. The molecule has 5 heteroatoms. The van der Waals surface area contributed by atoms with E-state index < -0.39 is 5.91 Å². The highest BCUT2D eigenvalue weighted by molar-refractivity contribution is 9.10. The Labute approximate surface area is 114 Å². The van der Waals surface area contributed by atoms with Crippen LogP contribution in [-0.4, -0.2) is 15.5 Å². The second-order valence-electron chi connectivity index (χ2n) is 3.99. The van der Waals surface area contributed by atoms with Gasteiger partial charge in [-0.2, -0.15) is 0 Å². The molecule has 94 valence electrons. The zero-order valence-electron chi connectivity index (χ0n) is 10.1. The van der Waals surface area contributed by atoms with Crippen LogP contribution in [0.4, 0.5) is 0 Å². The van der Waals surface area contributed by atoms with Crippen LogP contribution in [0.5, 0.6) is 0 Å². The fourth-order valence-corrected chi connectivity index (χ4v) is 2.39. The second-order valence-corrected chi connectivity index (χ2v) is 4.85. The molecule has 1 heterocycles. The summed E-state index contributed by atoms with van der Waals surface area (Å²) in [5.74, 6) is 0.573. The van der Waals surface area contributed by atoms with Crippen molar-refractivity contribution in [3.05, 3.63) is 46.5 Å². The first-order valence-corrected chi connectivity index (χ1v) is 6.54. The number of rotatable bonds is 4. The van der Waals surface area contributed by atoms with Gasteiger partial charge in [0.15, 0.2) is 0 Å². The van der Waals surface area contributed by atoms with Crippen molar-refractivity contribution in [2.24, 2.45) is 5.73 Å². The number of carbonyl (C=O) groups excluding carboxylic acids is 1. The van der Waals surface area contributed by atoms with Gasteiger partial charge in [-0.1, -0.05) is 6.92 Å². The van der Waals surface area contributed by atoms with Gasteiger partial charge in [0.2, 0.25) is 5.91 Å². The van der Waals surface area contributed by atoms with E-state index >= 15 is 0 Å². The highest BCUT2D eigenvalue weighted by Crippen LogP contribution is 2.21. The Balaban J connectivity index is 2.42. The number of nitrogens with zero attached hydrogens (tertiary/aromatic N) is 2. The van der Waals surface area contributed by atoms with Gasteiger partial charge in [0.05, 0.1) is 5.56 Å². The Morgan fingerprint density at radius 1 is 1.50 bits per heavy atom. The van der Waals surface area contributed by atoms with Crippen LogP contribution in [0.15, 0.2) is 35.1 Å². The highest BCUT2D eigenvalue weighted by atomic mass is 79.9. The number of hydrogen-bond donors (Lipinski definition) is 1. The molecule has 0 unspecified atom stereocenters. The summed E-state index contributed by atoms with van der Waals surface area (Å²) in [6.45, 7) is 2.12. The number of nitrogens with two attached hydrogens (primary N) is 1. The minimum atomic E-state index is -0.437. The molecule has 2 aromatic rings. The maximum absolute atomic E-state index is 11.2. The number of hydrogen-bond acceptors (Lipinski definition) is 2. The van der Waals surface area contributed by atoms with Gasteiger partial charge in [0, 0.05) is 29.0 Å². The summed E-state index contributed by atoms with van der Waals surface area (Å²) in [6, 6.07) is 5.46. The predicted molar refractivity (Wildman–Crippen MR) is 73.8 cm³/mol. The lowest BCUT2D eigenvalue weighted by Gasteiger charge is -2.09. The van der Waals surface area contributed by atoms with E-state index in [1.807, 2.05) is 22.9 Å². The van der Waals surface area contributed by atoms with Crippen LogP contribution < -0.4 is 5.73 Å². The Morgan fingerprint density at radius 3 is 2.89 bits per heavy atom. The van der Waals surface area contributed by atoms with Crippen molar-refractivity contribution in [3.63, 3.8) is 0 Å². The highest BCUT2D eigenvalue weighted by Gasteiger charge is 2.09. The average molecular weight is 308 g/mol.